The highest BCUT2D eigenvalue weighted by molar-refractivity contribution is 6.30. The summed E-state index contributed by atoms with van der Waals surface area (Å²) in [6.45, 7) is 9.88. The molecule has 4 aliphatic rings. The Kier molecular flexibility index (Phi) is 6.48. The minimum absolute atomic E-state index is 0.0867. The van der Waals surface area contributed by atoms with Gasteiger partial charge >= 0.3 is 6.03 Å². The maximum absolute atomic E-state index is 13.5. The largest absolute Gasteiger partial charge is 0.331 e. The van der Waals surface area contributed by atoms with Crippen molar-refractivity contribution in [1.29, 1.82) is 0 Å². The minimum atomic E-state index is -0.481. The topological polar surface area (TPSA) is 80.0 Å². The highest BCUT2D eigenvalue weighted by atomic mass is 35.5. The Morgan fingerprint density at radius 3 is 2.44 bits per heavy atom. The number of amides is 3. The van der Waals surface area contributed by atoms with Gasteiger partial charge in [-0.25, -0.2) is 10.2 Å². The van der Waals surface area contributed by atoms with Crippen molar-refractivity contribution in [3.8, 4) is 0 Å². The van der Waals surface area contributed by atoms with Crippen LogP contribution in [-0.2, 0) is 0 Å². The third-order valence-corrected chi connectivity index (χ3v) is 8.09. The number of nitrogens with zero attached hydrogens (tertiary/aromatic N) is 3. The van der Waals surface area contributed by atoms with Crippen LogP contribution in [0, 0.1) is 5.92 Å². The summed E-state index contributed by atoms with van der Waals surface area (Å²) in [6.07, 6.45) is 4.42. The summed E-state index contributed by atoms with van der Waals surface area (Å²) in [6, 6.07) is 6.90. The van der Waals surface area contributed by atoms with E-state index in [0.717, 1.165) is 37.2 Å². The van der Waals surface area contributed by atoms with E-state index in [0.29, 0.717) is 23.0 Å². The van der Waals surface area contributed by atoms with Crippen LogP contribution in [0.15, 0.2) is 35.5 Å². The van der Waals surface area contributed by atoms with Crippen molar-refractivity contribution in [3.05, 3.63) is 46.1 Å². The van der Waals surface area contributed by atoms with Crippen LogP contribution in [-0.4, -0.2) is 77.6 Å². The van der Waals surface area contributed by atoms with E-state index in [-0.39, 0.29) is 18.1 Å². The highest BCUT2D eigenvalue weighted by Gasteiger charge is 2.48. The third kappa shape index (κ3) is 4.51. The Balaban J connectivity index is 1.19. The fourth-order valence-corrected chi connectivity index (χ4v) is 5.85. The number of benzene rings is 1. The fourth-order valence-electron chi connectivity index (χ4n) is 5.73. The Morgan fingerprint density at radius 1 is 1.09 bits per heavy atom. The first kappa shape index (κ1) is 23.5. The first-order chi connectivity index (χ1) is 16.3. The first-order valence-corrected chi connectivity index (χ1v) is 12.8. The summed E-state index contributed by atoms with van der Waals surface area (Å²) in [5, 5.41) is 3.62. The minimum Gasteiger partial charge on any atom is -0.331 e. The number of hydrogen-bond acceptors (Lipinski definition) is 5. The molecule has 5 rings (SSSR count). The number of carbonyl (C=O) groups excluding carboxylic acids is 2. The smallest absolute Gasteiger partial charge is 0.321 e. The summed E-state index contributed by atoms with van der Waals surface area (Å²) >= 11 is 5.94. The molecular weight excluding hydrogens is 452 g/mol. The van der Waals surface area contributed by atoms with Gasteiger partial charge in [0.2, 0.25) is 0 Å². The zero-order valence-electron chi connectivity index (χ0n) is 20.1. The number of hydrogen-bond donors (Lipinski definition) is 3. The molecule has 0 spiro atoms. The molecule has 4 heterocycles. The summed E-state index contributed by atoms with van der Waals surface area (Å²) in [4.78, 5) is 32.8. The number of halogens is 1. The lowest BCUT2D eigenvalue weighted by Gasteiger charge is -2.41. The number of hydrazine groups is 1. The monoisotopic (exact) mass is 486 g/mol. The van der Waals surface area contributed by atoms with Gasteiger partial charge in [-0.15, -0.1) is 0 Å². The second-order valence-corrected chi connectivity index (χ2v) is 10.9. The van der Waals surface area contributed by atoms with E-state index in [4.69, 9.17) is 11.6 Å². The molecule has 1 aromatic carbocycles. The van der Waals surface area contributed by atoms with Crippen LogP contribution in [0.3, 0.4) is 0 Å². The lowest BCUT2D eigenvalue weighted by atomic mass is 9.96. The highest BCUT2D eigenvalue weighted by Crippen LogP contribution is 2.37. The maximum atomic E-state index is 13.5. The molecule has 0 radical (unpaired) electrons. The molecule has 3 amide bonds. The summed E-state index contributed by atoms with van der Waals surface area (Å²) in [7, 11) is 0. The normalized spacial score (nSPS) is 25.0. The van der Waals surface area contributed by atoms with Crippen LogP contribution in [0.1, 0.15) is 49.9 Å². The van der Waals surface area contributed by atoms with Gasteiger partial charge in [0, 0.05) is 42.3 Å². The third-order valence-electron chi connectivity index (χ3n) is 7.84. The molecule has 1 atom stereocenters. The SMILES string of the molecule is CC1(C)C2=C(CN1C(=O)N1CCC(CN3CCCC3)CC1)C(NC(=O)c1ccc(Cl)cc1)NN2. The first-order valence-electron chi connectivity index (χ1n) is 12.4. The van der Waals surface area contributed by atoms with Crippen LogP contribution >= 0.6 is 11.6 Å². The molecule has 0 aliphatic carbocycles. The van der Waals surface area contributed by atoms with E-state index in [9.17, 15) is 9.59 Å². The maximum Gasteiger partial charge on any atom is 0.321 e. The number of piperidine rings is 1. The molecule has 34 heavy (non-hydrogen) atoms. The van der Waals surface area contributed by atoms with Gasteiger partial charge < -0.3 is 25.4 Å². The van der Waals surface area contributed by atoms with Crippen molar-refractivity contribution in [1.82, 2.24) is 30.9 Å². The van der Waals surface area contributed by atoms with Gasteiger partial charge in [-0.1, -0.05) is 11.6 Å². The lowest BCUT2D eigenvalue weighted by Crippen LogP contribution is -2.57. The Labute approximate surface area is 206 Å². The molecular formula is C25H35ClN6O2. The second-order valence-electron chi connectivity index (χ2n) is 10.4. The Morgan fingerprint density at radius 2 is 1.76 bits per heavy atom. The lowest BCUT2D eigenvalue weighted by molar-refractivity contribution is 0.0929. The van der Waals surface area contributed by atoms with E-state index in [2.05, 4.69) is 34.9 Å². The quantitative estimate of drug-likeness (QED) is 0.610. The van der Waals surface area contributed by atoms with Crippen LogP contribution in [0.4, 0.5) is 4.79 Å². The summed E-state index contributed by atoms with van der Waals surface area (Å²) in [5.74, 6) is 0.502. The van der Waals surface area contributed by atoms with Crippen molar-refractivity contribution < 1.29 is 9.59 Å². The second kappa shape index (κ2) is 9.40. The van der Waals surface area contributed by atoms with Gasteiger partial charge in [0.1, 0.15) is 6.17 Å². The Bertz CT molecular complexity index is 964. The van der Waals surface area contributed by atoms with Crippen LogP contribution in [0.5, 0.6) is 0 Å². The van der Waals surface area contributed by atoms with Crippen molar-refractivity contribution in [3.63, 3.8) is 0 Å². The van der Waals surface area contributed by atoms with Crippen LogP contribution in [0.2, 0.25) is 5.02 Å². The predicted octanol–water partition coefficient (Wildman–Crippen LogP) is 2.78. The zero-order chi connectivity index (χ0) is 23.9. The van der Waals surface area contributed by atoms with Gasteiger partial charge in [0.15, 0.2) is 0 Å². The van der Waals surface area contributed by atoms with Gasteiger partial charge in [0.25, 0.3) is 5.91 Å². The average Bonchev–Trinajstić information content (AvgIpc) is 3.53. The van der Waals surface area contributed by atoms with E-state index in [1.807, 2.05) is 9.80 Å². The molecule has 3 N–H and O–H groups in total. The molecule has 184 valence electrons. The molecule has 9 heteroatoms. The van der Waals surface area contributed by atoms with Gasteiger partial charge in [-0.2, -0.15) is 0 Å². The number of carbonyl (C=O) groups is 2. The van der Waals surface area contributed by atoms with Crippen molar-refractivity contribution in [2.75, 3.05) is 39.3 Å². The van der Waals surface area contributed by atoms with E-state index in [1.54, 1.807) is 24.3 Å². The van der Waals surface area contributed by atoms with Gasteiger partial charge in [0.05, 0.1) is 11.2 Å². The number of likely N-dealkylation sites (tertiary alicyclic amines) is 2. The van der Waals surface area contributed by atoms with Gasteiger partial charge in [-0.3, -0.25) is 4.79 Å². The van der Waals surface area contributed by atoms with E-state index in [1.165, 1.54) is 32.5 Å². The zero-order valence-corrected chi connectivity index (χ0v) is 20.8. The van der Waals surface area contributed by atoms with Crippen LogP contribution in [0.25, 0.3) is 0 Å². The molecule has 0 saturated carbocycles. The molecule has 2 fully saturated rings. The van der Waals surface area contributed by atoms with Crippen LogP contribution < -0.4 is 16.2 Å². The molecule has 1 aromatic rings. The van der Waals surface area contributed by atoms with Gasteiger partial charge in [-0.05, 0) is 82.8 Å². The molecule has 8 nitrogen and oxygen atoms in total. The van der Waals surface area contributed by atoms with E-state index >= 15 is 0 Å². The molecule has 2 saturated heterocycles. The van der Waals surface area contributed by atoms with Crippen molar-refractivity contribution in [2.24, 2.45) is 5.92 Å². The van der Waals surface area contributed by atoms with Crippen molar-refractivity contribution in [2.45, 2.75) is 51.2 Å². The van der Waals surface area contributed by atoms with E-state index < -0.39 is 5.54 Å². The summed E-state index contributed by atoms with van der Waals surface area (Å²) in [5.41, 5.74) is 8.43. The molecule has 1 unspecified atom stereocenters. The Hall–Kier alpha value is -2.29. The molecule has 4 aliphatic heterocycles. The average molecular weight is 487 g/mol. The molecule has 0 aromatic heterocycles. The number of rotatable bonds is 4. The summed E-state index contributed by atoms with van der Waals surface area (Å²) < 4.78 is 0. The number of nitrogens with one attached hydrogen (secondary N) is 3. The van der Waals surface area contributed by atoms with Crippen molar-refractivity contribution >= 4 is 23.5 Å². The predicted molar refractivity (Wildman–Crippen MR) is 132 cm³/mol. The number of urea groups is 1. The standard InChI is InChI=1S/C25H35ClN6O2/c1-25(2)21-20(22(29-28-21)27-23(33)18-5-7-19(26)8-6-18)16-32(25)24(34)31-13-9-17(10-14-31)15-30-11-3-4-12-30/h5-8,17,22,28-29H,3-4,9-16H2,1-2H3,(H,27,33). The molecule has 0 bridgehead atoms. The fraction of sp³-hybridized carbons (Fsp3) is 0.600.